The molecule has 2 atom stereocenters. The number of hydrogen-bond acceptors (Lipinski definition) is 5. The van der Waals surface area contributed by atoms with Crippen molar-refractivity contribution in [3.63, 3.8) is 0 Å². The monoisotopic (exact) mass is 484 g/mol. The van der Waals surface area contributed by atoms with Gasteiger partial charge in [-0.1, -0.05) is 37.3 Å². The van der Waals surface area contributed by atoms with E-state index in [1.54, 1.807) is 42.5 Å². The molecule has 0 aliphatic carbocycles. The minimum atomic E-state index is -0.321. The van der Waals surface area contributed by atoms with E-state index in [4.69, 9.17) is 9.47 Å². The van der Waals surface area contributed by atoms with E-state index < -0.39 is 0 Å². The van der Waals surface area contributed by atoms with Gasteiger partial charge in [0.2, 0.25) is 5.91 Å². The lowest BCUT2D eigenvalue weighted by molar-refractivity contribution is -0.116. The molecule has 1 fully saturated rings. The summed E-state index contributed by atoms with van der Waals surface area (Å²) < 4.78 is 11.5. The zero-order chi connectivity index (χ0) is 25.1. The van der Waals surface area contributed by atoms with Crippen molar-refractivity contribution in [3.05, 3.63) is 89.5 Å². The minimum Gasteiger partial charge on any atom is -0.457 e. The van der Waals surface area contributed by atoms with E-state index in [9.17, 15) is 14.4 Å². The summed E-state index contributed by atoms with van der Waals surface area (Å²) in [7, 11) is 0. The second-order valence-corrected chi connectivity index (χ2v) is 9.25. The highest BCUT2D eigenvalue weighted by atomic mass is 16.5. The standard InChI is InChI=1S/C29H28N2O5/c1-19(20-6-3-2-4-7-20)16-27(32)30-21-9-11-22(12-10-21)36-23-13-14-25-26(17-23)29(34)31(28(25)33)18-24-8-5-15-35-24/h2-4,6-7,9-14,17,19,24H,5,8,15-16,18H2,1H3,(H,30,32). The Balaban J connectivity index is 1.19. The molecule has 0 aromatic heterocycles. The Kier molecular flexibility index (Phi) is 6.82. The fraction of sp³-hybridized carbons (Fsp3) is 0.276. The van der Waals surface area contributed by atoms with Gasteiger partial charge in [-0.25, -0.2) is 0 Å². The molecule has 3 amide bonds. The van der Waals surface area contributed by atoms with Crippen LogP contribution in [0.4, 0.5) is 5.69 Å². The van der Waals surface area contributed by atoms with Crippen LogP contribution in [0.1, 0.15) is 58.4 Å². The van der Waals surface area contributed by atoms with E-state index >= 15 is 0 Å². The molecule has 0 bridgehead atoms. The van der Waals surface area contributed by atoms with Gasteiger partial charge in [-0.05, 0) is 66.8 Å². The average Bonchev–Trinajstić information content (AvgIpc) is 3.48. The molecule has 3 aromatic rings. The first kappa shape index (κ1) is 23.8. The zero-order valence-electron chi connectivity index (χ0n) is 20.1. The fourth-order valence-corrected chi connectivity index (χ4v) is 4.62. The largest absolute Gasteiger partial charge is 0.457 e. The van der Waals surface area contributed by atoms with E-state index in [-0.39, 0.29) is 36.3 Å². The van der Waals surface area contributed by atoms with Crippen molar-refractivity contribution in [1.82, 2.24) is 4.90 Å². The quantitative estimate of drug-likeness (QED) is 0.434. The number of carbonyl (C=O) groups excluding carboxylic acids is 3. The number of benzene rings is 3. The van der Waals surface area contributed by atoms with Gasteiger partial charge >= 0.3 is 0 Å². The van der Waals surface area contributed by atoms with Crippen LogP contribution in [0.15, 0.2) is 72.8 Å². The van der Waals surface area contributed by atoms with Crippen LogP contribution in [0.2, 0.25) is 0 Å². The van der Waals surface area contributed by atoms with Crippen LogP contribution in [-0.4, -0.2) is 41.9 Å². The number of amides is 3. The molecule has 0 spiro atoms. The molecule has 184 valence electrons. The van der Waals surface area contributed by atoms with Gasteiger partial charge in [0, 0.05) is 18.7 Å². The third-order valence-electron chi connectivity index (χ3n) is 6.59. The van der Waals surface area contributed by atoms with Gasteiger partial charge in [0.15, 0.2) is 0 Å². The first-order chi connectivity index (χ1) is 17.5. The molecule has 5 rings (SSSR count). The number of anilines is 1. The predicted molar refractivity (Wildman–Crippen MR) is 135 cm³/mol. The Bertz CT molecular complexity index is 1270. The lowest BCUT2D eigenvalue weighted by atomic mass is 9.97. The van der Waals surface area contributed by atoms with Gasteiger partial charge in [-0.15, -0.1) is 0 Å². The second-order valence-electron chi connectivity index (χ2n) is 9.25. The molecule has 36 heavy (non-hydrogen) atoms. The van der Waals surface area contributed by atoms with Crippen LogP contribution >= 0.6 is 0 Å². The van der Waals surface area contributed by atoms with Crippen LogP contribution in [0, 0.1) is 0 Å². The van der Waals surface area contributed by atoms with Crippen molar-refractivity contribution in [2.75, 3.05) is 18.5 Å². The summed E-state index contributed by atoms with van der Waals surface area (Å²) in [6.07, 6.45) is 2.09. The van der Waals surface area contributed by atoms with Crippen molar-refractivity contribution < 1.29 is 23.9 Å². The van der Waals surface area contributed by atoms with Crippen LogP contribution in [0.25, 0.3) is 0 Å². The predicted octanol–water partition coefficient (Wildman–Crippen LogP) is 5.39. The Labute approximate surface area is 210 Å². The molecule has 7 heteroatoms. The third kappa shape index (κ3) is 5.16. The summed E-state index contributed by atoms with van der Waals surface area (Å²) in [5.74, 6) is 0.456. The third-order valence-corrected chi connectivity index (χ3v) is 6.59. The van der Waals surface area contributed by atoms with E-state index in [0.29, 0.717) is 41.3 Å². The molecule has 0 radical (unpaired) electrons. The van der Waals surface area contributed by atoms with Gasteiger partial charge in [-0.2, -0.15) is 0 Å². The molecular formula is C29H28N2O5. The van der Waals surface area contributed by atoms with Gasteiger partial charge in [0.1, 0.15) is 11.5 Å². The van der Waals surface area contributed by atoms with E-state index in [1.807, 2.05) is 37.3 Å². The summed E-state index contributed by atoms with van der Waals surface area (Å²) in [6, 6.07) is 21.9. The lowest BCUT2D eigenvalue weighted by Gasteiger charge is -2.17. The van der Waals surface area contributed by atoms with E-state index in [0.717, 1.165) is 18.4 Å². The highest BCUT2D eigenvalue weighted by Crippen LogP contribution is 2.31. The van der Waals surface area contributed by atoms with Crippen molar-refractivity contribution in [3.8, 4) is 11.5 Å². The molecule has 7 nitrogen and oxygen atoms in total. The second kappa shape index (κ2) is 10.3. The lowest BCUT2D eigenvalue weighted by Crippen LogP contribution is -2.36. The molecule has 0 saturated carbocycles. The van der Waals surface area contributed by atoms with Crippen LogP contribution in [0.3, 0.4) is 0 Å². The van der Waals surface area contributed by atoms with Gasteiger partial charge < -0.3 is 14.8 Å². The number of imide groups is 1. The van der Waals surface area contributed by atoms with Crippen LogP contribution in [-0.2, 0) is 9.53 Å². The number of nitrogens with one attached hydrogen (secondary N) is 1. The Morgan fingerprint density at radius 3 is 2.44 bits per heavy atom. The maximum Gasteiger partial charge on any atom is 0.261 e. The Hall–Kier alpha value is -3.97. The summed E-state index contributed by atoms with van der Waals surface area (Å²) >= 11 is 0. The SMILES string of the molecule is CC(CC(=O)Nc1ccc(Oc2ccc3c(c2)C(=O)N(CC2CCCO2)C3=O)cc1)c1ccccc1. The number of hydrogen-bond donors (Lipinski definition) is 1. The van der Waals surface area contributed by atoms with Crippen molar-refractivity contribution >= 4 is 23.4 Å². The Morgan fingerprint density at radius 1 is 1.00 bits per heavy atom. The molecule has 1 N–H and O–H groups in total. The summed E-state index contributed by atoms with van der Waals surface area (Å²) in [6.45, 7) is 2.98. The topological polar surface area (TPSA) is 84.9 Å². The molecule has 2 heterocycles. The van der Waals surface area contributed by atoms with Crippen LogP contribution in [0.5, 0.6) is 11.5 Å². The minimum absolute atomic E-state index is 0.0608. The van der Waals surface area contributed by atoms with Crippen molar-refractivity contribution in [2.45, 2.75) is 38.2 Å². The van der Waals surface area contributed by atoms with Crippen molar-refractivity contribution in [2.24, 2.45) is 0 Å². The molecule has 2 unspecified atom stereocenters. The van der Waals surface area contributed by atoms with Gasteiger partial charge in [0.25, 0.3) is 11.8 Å². The molecule has 2 aliphatic rings. The first-order valence-electron chi connectivity index (χ1n) is 12.2. The molecule has 1 saturated heterocycles. The molecular weight excluding hydrogens is 456 g/mol. The van der Waals surface area contributed by atoms with Gasteiger partial charge in [-0.3, -0.25) is 19.3 Å². The van der Waals surface area contributed by atoms with Crippen LogP contribution < -0.4 is 10.1 Å². The zero-order valence-corrected chi connectivity index (χ0v) is 20.1. The number of nitrogens with zero attached hydrogens (tertiary/aromatic N) is 1. The smallest absolute Gasteiger partial charge is 0.261 e. The molecule has 3 aromatic carbocycles. The normalized spacial score (nSPS) is 17.7. The fourth-order valence-electron chi connectivity index (χ4n) is 4.62. The Morgan fingerprint density at radius 2 is 1.72 bits per heavy atom. The highest BCUT2D eigenvalue weighted by Gasteiger charge is 2.37. The highest BCUT2D eigenvalue weighted by molar-refractivity contribution is 6.21. The summed E-state index contributed by atoms with van der Waals surface area (Å²) in [5, 5.41) is 2.92. The van der Waals surface area contributed by atoms with E-state index in [1.165, 1.54) is 4.90 Å². The maximum atomic E-state index is 12.9. The van der Waals surface area contributed by atoms with Crippen molar-refractivity contribution in [1.29, 1.82) is 0 Å². The number of ether oxygens (including phenoxy) is 2. The first-order valence-corrected chi connectivity index (χ1v) is 12.2. The summed E-state index contributed by atoms with van der Waals surface area (Å²) in [5.41, 5.74) is 2.52. The maximum absolute atomic E-state index is 12.9. The number of carbonyl (C=O) groups is 3. The number of fused-ring (bicyclic) bond motifs is 1. The summed E-state index contributed by atoms with van der Waals surface area (Å²) in [4.78, 5) is 39.3. The van der Waals surface area contributed by atoms with Gasteiger partial charge in [0.05, 0.1) is 23.8 Å². The molecule has 2 aliphatic heterocycles. The average molecular weight is 485 g/mol. The number of rotatable bonds is 8. The van der Waals surface area contributed by atoms with E-state index in [2.05, 4.69) is 5.32 Å².